The highest BCUT2D eigenvalue weighted by molar-refractivity contribution is 5.35. The molecular weight excluding hydrogens is 171 g/mol. The molecule has 0 aliphatic rings. The molecule has 0 aromatic heterocycles. The van der Waals surface area contributed by atoms with Crippen molar-refractivity contribution in [3.8, 4) is 5.75 Å². The molecule has 13 heavy (non-hydrogen) atoms. The van der Waals surface area contributed by atoms with Crippen LogP contribution >= 0.6 is 0 Å². The molecule has 0 fully saturated rings. The van der Waals surface area contributed by atoms with Crippen molar-refractivity contribution in [2.75, 3.05) is 7.11 Å². The Kier molecular flexibility index (Phi) is 3.25. The van der Waals surface area contributed by atoms with Crippen LogP contribution in [-0.2, 0) is 0 Å². The zero-order valence-electron chi connectivity index (χ0n) is 7.75. The predicted molar refractivity (Wildman–Crippen MR) is 48.2 cm³/mol. The Bertz CT molecular complexity index is 286. The van der Waals surface area contributed by atoms with E-state index in [1.165, 1.54) is 19.2 Å². The summed E-state index contributed by atoms with van der Waals surface area (Å²) in [6.07, 6.45) is -0.00214. The molecule has 1 rings (SSSR count). The quantitative estimate of drug-likeness (QED) is 0.780. The van der Waals surface area contributed by atoms with Gasteiger partial charge in [-0.2, -0.15) is 0 Å². The van der Waals surface area contributed by atoms with E-state index in [0.29, 0.717) is 17.7 Å². The Labute approximate surface area is 77.0 Å². The van der Waals surface area contributed by atoms with Crippen molar-refractivity contribution in [3.05, 3.63) is 29.6 Å². The van der Waals surface area contributed by atoms with E-state index in [1.807, 2.05) is 6.92 Å². The molecule has 0 aliphatic carbocycles. The third-order valence-electron chi connectivity index (χ3n) is 1.94. The van der Waals surface area contributed by atoms with Gasteiger partial charge in [0.25, 0.3) is 0 Å². The first kappa shape index (κ1) is 9.99. The predicted octanol–water partition coefficient (Wildman–Crippen LogP) is 2.28. The zero-order chi connectivity index (χ0) is 9.84. The number of halogens is 1. The molecule has 2 nitrogen and oxygen atoms in total. The summed E-state index contributed by atoms with van der Waals surface area (Å²) in [7, 11) is 1.46. The summed E-state index contributed by atoms with van der Waals surface area (Å²) >= 11 is 0. The molecule has 1 atom stereocenters. The molecule has 1 aromatic rings. The van der Waals surface area contributed by atoms with E-state index >= 15 is 0 Å². The van der Waals surface area contributed by atoms with Gasteiger partial charge in [-0.25, -0.2) is 4.39 Å². The highest BCUT2D eigenvalue weighted by Gasteiger charge is 2.11. The molecule has 72 valence electrons. The van der Waals surface area contributed by atoms with E-state index in [1.54, 1.807) is 6.07 Å². The fraction of sp³-hybridized carbons (Fsp3) is 0.400. The zero-order valence-corrected chi connectivity index (χ0v) is 7.75. The number of ether oxygens (including phenoxy) is 1. The van der Waals surface area contributed by atoms with Crippen LogP contribution in [0, 0.1) is 5.82 Å². The smallest absolute Gasteiger partial charge is 0.127 e. The minimum absolute atomic E-state index is 0.357. The number of aliphatic hydroxyl groups excluding tert-OH is 1. The van der Waals surface area contributed by atoms with Gasteiger partial charge < -0.3 is 9.84 Å². The lowest BCUT2D eigenvalue weighted by molar-refractivity contribution is 0.169. The van der Waals surface area contributed by atoms with Crippen LogP contribution in [0.1, 0.15) is 25.0 Å². The van der Waals surface area contributed by atoms with Gasteiger partial charge in [0.15, 0.2) is 0 Å². The molecule has 1 aromatic carbocycles. The molecule has 0 unspecified atom stereocenters. The molecule has 1 N–H and O–H groups in total. The number of rotatable bonds is 3. The lowest BCUT2D eigenvalue weighted by atomic mass is 10.1. The Hall–Kier alpha value is -1.09. The van der Waals surface area contributed by atoms with Crippen molar-refractivity contribution in [1.29, 1.82) is 0 Å². The number of hydrogen-bond donors (Lipinski definition) is 1. The first-order chi connectivity index (χ1) is 6.19. The van der Waals surface area contributed by atoms with Crippen molar-refractivity contribution in [1.82, 2.24) is 0 Å². The summed E-state index contributed by atoms with van der Waals surface area (Å²) in [5.41, 5.74) is 0.631. The van der Waals surface area contributed by atoms with Crippen LogP contribution in [0.5, 0.6) is 5.75 Å². The summed E-state index contributed by atoms with van der Waals surface area (Å²) in [5, 5.41) is 9.53. The Morgan fingerprint density at radius 1 is 1.54 bits per heavy atom. The summed E-state index contributed by atoms with van der Waals surface area (Å²) in [6, 6.07) is 4.13. The van der Waals surface area contributed by atoms with Crippen LogP contribution in [-0.4, -0.2) is 12.2 Å². The molecule has 0 heterocycles. The first-order valence-electron chi connectivity index (χ1n) is 4.20. The largest absolute Gasteiger partial charge is 0.496 e. The van der Waals surface area contributed by atoms with Gasteiger partial charge in [-0.15, -0.1) is 0 Å². The Balaban J connectivity index is 3.05. The Morgan fingerprint density at radius 3 is 2.77 bits per heavy atom. The second kappa shape index (κ2) is 4.23. The van der Waals surface area contributed by atoms with E-state index < -0.39 is 6.10 Å². The van der Waals surface area contributed by atoms with Crippen molar-refractivity contribution < 1.29 is 14.2 Å². The van der Waals surface area contributed by atoms with Crippen molar-refractivity contribution >= 4 is 0 Å². The summed E-state index contributed by atoms with van der Waals surface area (Å²) in [6.45, 7) is 1.85. The molecule has 0 amide bonds. The molecule has 0 saturated heterocycles. The average Bonchev–Trinajstić information content (AvgIpc) is 2.16. The highest BCUT2D eigenvalue weighted by atomic mass is 19.1. The summed E-state index contributed by atoms with van der Waals surface area (Å²) in [5.74, 6) is 0.0400. The normalized spacial score (nSPS) is 12.6. The van der Waals surface area contributed by atoms with Gasteiger partial charge in [-0.05, 0) is 18.6 Å². The topological polar surface area (TPSA) is 29.5 Å². The van der Waals surface area contributed by atoms with Crippen LogP contribution < -0.4 is 4.74 Å². The number of methoxy groups -OCH3 is 1. The van der Waals surface area contributed by atoms with Gasteiger partial charge in [0, 0.05) is 11.6 Å². The second-order valence-electron chi connectivity index (χ2n) is 2.81. The van der Waals surface area contributed by atoms with E-state index in [2.05, 4.69) is 0 Å². The number of benzene rings is 1. The molecule has 0 bridgehead atoms. The highest BCUT2D eigenvalue weighted by Crippen LogP contribution is 2.27. The number of hydrogen-bond acceptors (Lipinski definition) is 2. The monoisotopic (exact) mass is 184 g/mol. The lowest BCUT2D eigenvalue weighted by Crippen LogP contribution is -1.99. The van der Waals surface area contributed by atoms with Crippen LogP contribution in [0.15, 0.2) is 18.2 Å². The van der Waals surface area contributed by atoms with Crippen LogP contribution in [0.3, 0.4) is 0 Å². The van der Waals surface area contributed by atoms with Crippen LogP contribution in [0.4, 0.5) is 4.39 Å². The van der Waals surface area contributed by atoms with Gasteiger partial charge in [-0.3, -0.25) is 0 Å². The maximum Gasteiger partial charge on any atom is 0.127 e. The Morgan fingerprint density at radius 2 is 2.23 bits per heavy atom. The van der Waals surface area contributed by atoms with Crippen molar-refractivity contribution in [3.63, 3.8) is 0 Å². The number of aliphatic hydroxyl groups is 1. The fourth-order valence-electron chi connectivity index (χ4n) is 1.18. The molecule has 3 heteroatoms. The van der Waals surface area contributed by atoms with Gasteiger partial charge in [0.05, 0.1) is 13.2 Å². The van der Waals surface area contributed by atoms with E-state index in [9.17, 15) is 9.50 Å². The summed E-state index contributed by atoms with van der Waals surface area (Å²) in [4.78, 5) is 0. The van der Waals surface area contributed by atoms with Gasteiger partial charge in [0.1, 0.15) is 11.6 Å². The minimum atomic E-state index is -0.587. The van der Waals surface area contributed by atoms with E-state index in [-0.39, 0.29) is 5.82 Å². The second-order valence-corrected chi connectivity index (χ2v) is 2.81. The van der Waals surface area contributed by atoms with Crippen molar-refractivity contribution in [2.24, 2.45) is 0 Å². The maximum absolute atomic E-state index is 12.7. The van der Waals surface area contributed by atoms with Crippen LogP contribution in [0.25, 0.3) is 0 Å². The molecule has 0 aliphatic heterocycles. The van der Waals surface area contributed by atoms with Gasteiger partial charge in [-0.1, -0.05) is 6.92 Å². The maximum atomic E-state index is 12.7. The van der Waals surface area contributed by atoms with Crippen LogP contribution in [0.2, 0.25) is 0 Å². The summed E-state index contributed by atoms with van der Waals surface area (Å²) < 4.78 is 17.7. The first-order valence-corrected chi connectivity index (χ1v) is 4.20. The molecule has 0 spiro atoms. The van der Waals surface area contributed by atoms with Gasteiger partial charge >= 0.3 is 0 Å². The third kappa shape index (κ3) is 2.18. The van der Waals surface area contributed by atoms with E-state index in [4.69, 9.17) is 4.74 Å². The molecule has 0 radical (unpaired) electrons. The van der Waals surface area contributed by atoms with Gasteiger partial charge in [0.2, 0.25) is 0 Å². The molecular formula is C10H13FO2. The average molecular weight is 184 g/mol. The standard InChI is InChI=1S/C10H13FO2/c1-3-9(12)8-5-4-7(11)6-10(8)13-2/h4-6,9,12H,3H2,1-2H3/t9-/m0/s1. The minimum Gasteiger partial charge on any atom is -0.496 e. The van der Waals surface area contributed by atoms with Crippen molar-refractivity contribution in [2.45, 2.75) is 19.4 Å². The SMILES string of the molecule is CC[C@H](O)c1ccc(F)cc1OC. The molecule has 0 saturated carbocycles. The van der Waals surface area contributed by atoms with E-state index in [0.717, 1.165) is 0 Å². The lowest BCUT2D eigenvalue weighted by Gasteiger charge is -2.12. The third-order valence-corrected chi connectivity index (χ3v) is 1.94. The fourth-order valence-corrected chi connectivity index (χ4v) is 1.18.